The molecule has 3 rings (SSSR count). The molecule has 0 aliphatic carbocycles. The molecule has 1 aliphatic heterocycles. The molecule has 0 unspecified atom stereocenters. The van der Waals surface area contributed by atoms with Crippen molar-refractivity contribution in [1.82, 2.24) is 4.90 Å². The van der Waals surface area contributed by atoms with Crippen LogP contribution >= 0.6 is 0 Å². The predicted octanol–water partition coefficient (Wildman–Crippen LogP) is 3.47. The Morgan fingerprint density at radius 3 is 2.31 bits per heavy atom. The zero-order valence-corrected chi connectivity index (χ0v) is 19.2. The van der Waals surface area contributed by atoms with Crippen molar-refractivity contribution >= 4 is 6.08 Å². The molecule has 2 aromatic rings. The van der Waals surface area contributed by atoms with Crippen LogP contribution in [0.5, 0.6) is 23.0 Å². The Morgan fingerprint density at radius 1 is 1.03 bits per heavy atom. The van der Waals surface area contributed by atoms with Crippen LogP contribution in [0, 0.1) is 0 Å². The molecule has 2 atom stereocenters. The fraction of sp³-hybridized carbons (Fsp3) is 0.440. The number of benzene rings is 2. The fourth-order valence-corrected chi connectivity index (χ4v) is 4.22. The van der Waals surface area contributed by atoms with Gasteiger partial charge in [-0.1, -0.05) is 19.1 Å². The van der Waals surface area contributed by atoms with Gasteiger partial charge in [-0.25, -0.2) is 0 Å². The second-order valence-corrected chi connectivity index (χ2v) is 7.92. The van der Waals surface area contributed by atoms with E-state index in [1.807, 2.05) is 36.1 Å². The van der Waals surface area contributed by atoms with Crippen LogP contribution in [0.1, 0.15) is 48.1 Å². The molecule has 0 bridgehead atoms. The predicted molar refractivity (Wildman–Crippen MR) is 124 cm³/mol. The van der Waals surface area contributed by atoms with Crippen LogP contribution in [0.2, 0.25) is 0 Å². The van der Waals surface area contributed by atoms with Crippen LogP contribution in [0.25, 0.3) is 6.08 Å². The van der Waals surface area contributed by atoms with E-state index in [-0.39, 0.29) is 31.0 Å². The smallest absolute Gasteiger partial charge is 0.165 e. The normalized spacial score (nSPS) is 17.6. The van der Waals surface area contributed by atoms with E-state index in [2.05, 4.69) is 13.0 Å². The summed E-state index contributed by atoms with van der Waals surface area (Å²) < 4.78 is 17.4. The molecule has 32 heavy (non-hydrogen) atoms. The van der Waals surface area contributed by atoms with E-state index in [1.165, 1.54) is 7.11 Å². The van der Waals surface area contributed by atoms with Crippen LogP contribution in [-0.4, -0.2) is 60.7 Å². The van der Waals surface area contributed by atoms with Crippen LogP contribution < -0.4 is 14.2 Å². The van der Waals surface area contributed by atoms with Gasteiger partial charge in [-0.15, -0.1) is 0 Å². The van der Waals surface area contributed by atoms with Gasteiger partial charge in [0.2, 0.25) is 0 Å². The zero-order valence-electron chi connectivity index (χ0n) is 19.2. The summed E-state index contributed by atoms with van der Waals surface area (Å²) >= 11 is 0. The number of aliphatic hydroxyl groups excluding tert-OH is 2. The lowest BCUT2D eigenvalue weighted by Crippen LogP contribution is -2.29. The standard InChI is InChI=1S/C25H33NO6/c1-5-6-17-11-20-16(2)24(32-25(20)22(12-17)31-4)18-13-19(23(29)21(14-18)30-3)15-26(7-9-27)8-10-28/h5-6,11-14,16,24,27-29H,7-10,15H2,1-4H3/t16-,24-/m1/s1. The summed E-state index contributed by atoms with van der Waals surface area (Å²) in [6.45, 7) is 5.15. The number of methoxy groups -OCH3 is 2. The van der Waals surface area contributed by atoms with Crippen LogP contribution in [0.3, 0.4) is 0 Å². The highest BCUT2D eigenvalue weighted by Crippen LogP contribution is 2.51. The van der Waals surface area contributed by atoms with Crippen molar-refractivity contribution in [3.05, 3.63) is 52.6 Å². The summed E-state index contributed by atoms with van der Waals surface area (Å²) in [5.41, 5.74) is 3.64. The van der Waals surface area contributed by atoms with E-state index < -0.39 is 0 Å². The topological polar surface area (TPSA) is 91.6 Å². The summed E-state index contributed by atoms with van der Waals surface area (Å²) in [6.07, 6.45) is 3.74. The summed E-state index contributed by atoms with van der Waals surface area (Å²) in [7, 11) is 3.15. The van der Waals surface area contributed by atoms with E-state index in [0.717, 1.165) is 22.4 Å². The molecule has 0 spiro atoms. The second-order valence-electron chi connectivity index (χ2n) is 7.92. The number of hydrogen-bond donors (Lipinski definition) is 3. The molecular weight excluding hydrogens is 410 g/mol. The van der Waals surface area contributed by atoms with Gasteiger partial charge in [0, 0.05) is 36.7 Å². The van der Waals surface area contributed by atoms with E-state index in [0.29, 0.717) is 36.7 Å². The van der Waals surface area contributed by atoms with Gasteiger partial charge in [0.15, 0.2) is 23.0 Å². The highest BCUT2D eigenvalue weighted by atomic mass is 16.5. The van der Waals surface area contributed by atoms with Crippen molar-refractivity contribution in [1.29, 1.82) is 0 Å². The highest BCUT2D eigenvalue weighted by Gasteiger charge is 2.36. The lowest BCUT2D eigenvalue weighted by molar-refractivity contribution is 0.154. The number of nitrogens with zero attached hydrogens (tertiary/aromatic N) is 1. The fourth-order valence-electron chi connectivity index (χ4n) is 4.22. The van der Waals surface area contributed by atoms with Crippen molar-refractivity contribution in [2.75, 3.05) is 40.5 Å². The third kappa shape index (κ3) is 4.85. The molecule has 1 aliphatic rings. The Bertz CT molecular complexity index is 952. The van der Waals surface area contributed by atoms with Gasteiger partial charge in [-0.3, -0.25) is 4.90 Å². The highest BCUT2D eigenvalue weighted by molar-refractivity contribution is 5.62. The van der Waals surface area contributed by atoms with Gasteiger partial charge < -0.3 is 29.5 Å². The average molecular weight is 444 g/mol. The number of hydrogen-bond acceptors (Lipinski definition) is 7. The lowest BCUT2D eigenvalue weighted by Gasteiger charge is -2.23. The van der Waals surface area contributed by atoms with E-state index >= 15 is 0 Å². The van der Waals surface area contributed by atoms with Gasteiger partial charge in [0.05, 0.1) is 27.4 Å². The largest absolute Gasteiger partial charge is 0.504 e. The quantitative estimate of drug-likeness (QED) is 0.518. The molecule has 0 saturated carbocycles. The summed E-state index contributed by atoms with van der Waals surface area (Å²) in [6, 6.07) is 7.78. The molecule has 174 valence electrons. The third-order valence-corrected chi connectivity index (χ3v) is 5.83. The minimum absolute atomic E-state index is 0.0377. The number of rotatable bonds is 10. The Kier molecular flexibility index (Phi) is 8.01. The van der Waals surface area contributed by atoms with Gasteiger partial charge >= 0.3 is 0 Å². The van der Waals surface area contributed by atoms with Gasteiger partial charge in [-0.2, -0.15) is 0 Å². The monoisotopic (exact) mass is 443 g/mol. The number of fused-ring (bicyclic) bond motifs is 1. The number of allylic oxidation sites excluding steroid dienone is 1. The van der Waals surface area contributed by atoms with Crippen molar-refractivity contribution < 1.29 is 29.5 Å². The Labute approximate surface area is 189 Å². The van der Waals surface area contributed by atoms with Gasteiger partial charge in [-0.05, 0) is 42.3 Å². The zero-order chi connectivity index (χ0) is 23.3. The summed E-state index contributed by atoms with van der Waals surface area (Å²) in [5.74, 6) is 1.88. The molecule has 3 N–H and O–H groups in total. The van der Waals surface area contributed by atoms with E-state index in [1.54, 1.807) is 13.2 Å². The van der Waals surface area contributed by atoms with Gasteiger partial charge in [0.25, 0.3) is 0 Å². The van der Waals surface area contributed by atoms with E-state index in [4.69, 9.17) is 14.2 Å². The minimum Gasteiger partial charge on any atom is -0.504 e. The molecule has 0 radical (unpaired) electrons. The third-order valence-electron chi connectivity index (χ3n) is 5.83. The Morgan fingerprint density at radius 2 is 1.72 bits per heavy atom. The SMILES string of the molecule is CC=Cc1cc(OC)c2c(c1)[C@@H](C)[C@H](c1cc(CN(CCO)CCO)c(O)c(OC)c1)O2. The molecule has 1 heterocycles. The molecule has 7 heteroatoms. The van der Waals surface area contributed by atoms with Crippen LogP contribution in [-0.2, 0) is 6.54 Å². The van der Waals surface area contributed by atoms with E-state index in [9.17, 15) is 15.3 Å². The number of phenols is 1. The average Bonchev–Trinajstić information content (AvgIpc) is 3.11. The van der Waals surface area contributed by atoms with Crippen molar-refractivity contribution in [3.63, 3.8) is 0 Å². The molecule has 0 amide bonds. The molecule has 2 aromatic carbocycles. The number of phenolic OH excluding ortho intramolecular Hbond substituents is 1. The first-order valence-corrected chi connectivity index (χ1v) is 10.8. The second kappa shape index (κ2) is 10.7. The first-order chi connectivity index (χ1) is 15.5. The van der Waals surface area contributed by atoms with Crippen molar-refractivity contribution in [2.24, 2.45) is 0 Å². The van der Waals surface area contributed by atoms with Crippen molar-refractivity contribution in [3.8, 4) is 23.0 Å². The first-order valence-electron chi connectivity index (χ1n) is 10.8. The first kappa shape index (κ1) is 23.9. The summed E-state index contributed by atoms with van der Waals surface area (Å²) in [5, 5.41) is 29.4. The summed E-state index contributed by atoms with van der Waals surface area (Å²) in [4.78, 5) is 1.87. The maximum Gasteiger partial charge on any atom is 0.165 e. The number of aromatic hydroxyl groups is 1. The Hall–Kier alpha value is -2.74. The lowest BCUT2D eigenvalue weighted by atomic mass is 9.90. The van der Waals surface area contributed by atoms with Crippen LogP contribution in [0.15, 0.2) is 30.3 Å². The molecule has 0 saturated heterocycles. The molecule has 7 nitrogen and oxygen atoms in total. The number of aliphatic hydroxyl groups is 2. The van der Waals surface area contributed by atoms with Gasteiger partial charge in [0.1, 0.15) is 6.10 Å². The Balaban J connectivity index is 2.00. The maximum absolute atomic E-state index is 10.7. The minimum atomic E-state index is -0.280. The molecule has 0 aromatic heterocycles. The van der Waals surface area contributed by atoms with Crippen molar-refractivity contribution in [2.45, 2.75) is 32.4 Å². The maximum atomic E-state index is 10.7. The molecule has 0 fully saturated rings. The molecular formula is C25H33NO6. The van der Waals surface area contributed by atoms with Crippen LogP contribution in [0.4, 0.5) is 0 Å². The number of ether oxygens (including phenoxy) is 3.